The van der Waals surface area contributed by atoms with Gasteiger partial charge in [0.2, 0.25) is 0 Å². The number of ether oxygens (including phenoxy) is 1. The van der Waals surface area contributed by atoms with E-state index >= 15 is 0 Å². The van der Waals surface area contributed by atoms with E-state index in [1.54, 1.807) is 0 Å². The van der Waals surface area contributed by atoms with Gasteiger partial charge in [0.25, 0.3) is 0 Å². The van der Waals surface area contributed by atoms with Gasteiger partial charge in [-0.25, -0.2) is 4.79 Å². The molecule has 2 aliphatic rings. The highest BCUT2D eigenvalue weighted by Crippen LogP contribution is 2.37. The lowest BCUT2D eigenvalue weighted by atomic mass is 9.94. The molecule has 0 aromatic heterocycles. The number of hydrogen-bond acceptors (Lipinski definition) is 4. The molecule has 0 aliphatic carbocycles. The maximum absolute atomic E-state index is 12.3. The zero-order valence-corrected chi connectivity index (χ0v) is 10.4. The van der Waals surface area contributed by atoms with Gasteiger partial charge in [0.05, 0.1) is 13.2 Å². The number of piperidine rings is 1. The summed E-state index contributed by atoms with van der Waals surface area (Å²) in [6, 6.07) is 0.763. The third-order valence-electron chi connectivity index (χ3n) is 3.83. The molecule has 0 saturated carbocycles. The van der Waals surface area contributed by atoms with E-state index in [1.807, 2.05) is 6.92 Å². The lowest BCUT2D eigenvalue weighted by Crippen LogP contribution is -2.39. The van der Waals surface area contributed by atoms with E-state index in [0.29, 0.717) is 12.6 Å². The number of amides is 1. The number of rotatable bonds is 5. The minimum absolute atomic E-state index is 0.0848. The fraction of sp³-hybridized carbons (Fsp3) is 0.833. The molecule has 4 atom stereocenters. The van der Waals surface area contributed by atoms with E-state index in [4.69, 9.17) is 0 Å². The zero-order valence-electron chi connectivity index (χ0n) is 10.4. The topological polar surface area (TPSA) is 58.4 Å². The number of nitrogens with one attached hydrogen (secondary N) is 1. The van der Waals surface area contributed by atoms with Crippen LogP contribution in [-0.4, -0.2) is 49.1 Å². The van der Waals surface area contributed by atoms with Crippen molar-refractivity contribution in [3.8, 4) is 0 Å². The molecule has 0 aromatic carbocycles. The van der Waals surface area contributed by atoms with E-state index < -0.39 is 6.09 Å². The molecule has 2 aliphatic heterocycles. The molecule has 1 N–H and O–H groups in total. The molecule has 96 valence electrons. The van der Waals surface area contributed by atoms with Crippen molar-refractivity contribution in [3.05, 3.63) is 0 Å². The number of methoxy groups -OCH3 is 1. The Balaban J connectivity index is 1.84. The predicted molar refractivity (Wildman–Crippen MR) is 62.7 cm³/mol. The van der Waals surface area contributed by atoms with Crippen molar-refractivity contribution < 1.29 is 14.3 Å². The Labute approximate surface area is 101 Å². The minimum atomic E-state index is -0.465. The average molecular weight is 240 g/mol. The van der Waals surface area contributed by atoms with Crippen LogP contribution in [-0.2, 0) is 9.53 Å². The largest absolute Gasteiger partial charge is 0.453 e. The number of ketones is 1. The lowest BCUT2D eigenvalue weighted by molar-refractivity contribution is -0.126. The summed E-state index contributed by atoms with van der Waals surface area (Å²) in [5, 5.41) is 2.62. The predicted octanol–water partition coefficient (Wildman–Crippen LogP) is 0.784. The molecule has 0 aromatic rings. The highest BCUT2D eigenvalue weighted by Gasteiger charge is 2.49. The van der Waals surface area contributed by atoms with E-state index in [1.165, 1.54) is 7.11 Å². The third-order valence-corrected chi connectivity index (χ3v) is 3.83. The first-order chi connectivity index (χ1) is 8.17. The lowest BCUT2D eigenvalue weighted by Gasteiger charge is -2.20. The first-order valence-electron chi connectivity index (χ1n) is 6.28. The minimum Gasteiger partial charge on any atom is -0.453 e. The summed E-state index contributed by atoms with van der Waals surface area (Å²) >= 11 is 0. The first kappa shape index (κ1) is 12.4. The maximum Gasteiger partial charge on any atom is 0.406 e. The zero-order chi connectivity index (χ0) is 12.4. The fourth-order valence-corrected chi connectivity index (χ4v) is 2.65. The van der Waals surface area contributed by atoms with Crippen LogP contribution >= 0.6 is 0 Å². The molecule has 0 radical (unpaired) electrons. The second-order valence-electron chi connectivity index (χ2n) is 4.82. The molecule has 0 spiro atoms. The number of hydrogen-bond donors (Lipinski definition) is 1. The van der Waals surface area contributed by atoms with Crippen molar-refractivity contribution in [3.63, 3.8) is 0 Å². The monoisotopic (exact) mass is 240 g/mol. The van der Waals surface area contributed by atoms with Crippen LogP contribution in [0.4, 0.5) is 4.79 Å². The summed E-state index contributed by atoms with van der Waals surface area (Å²) in [5.41, 5.74) is 0. The molecule has 5 nitrogen and oxygen atoms in total. The molecule has 2 heterocycles. The molecule has 17 heavy (non-hydrogen) atoms. The van der Waals surface area contributed by atoms with Crippen molar-refractivity contribution in [1.29, 1.82) is 0 Å². The summed E-state index contributed by atoms with van der Waals surface area (Å²) in [7, 11) is 1.33. The van der Waals surface area contributed by atoms with Gasteiger partial charge in [-0.3, -0.25) is 9.69 Å². The van der Waals surface area contributed by atoms with Crippen LogP contribution in [0, 0.1) is 5.92 Å². The van der Waals surface area contributed by atoms with E-state index in [0.717, 1.165) is 25.8 Å². The van der Waals surface area contributed by atoms with Gasteiger partial charge in [-0.2, -0.15) is 0 Å². The quantitative estimate of drug-likeness (QED) is 0.722. The molecule has 0 bridgehead atoms. The normalized spacial score (nSPS) is 31.5. The van der Waals surface area contributed by atoms with Crippen LogP contribution < -0.4 is 5.32 Å². The Morgan fingerprint density at radius 2 is 2.24 bits per heavy atom. The van der Waals surface area contributed by atoms with Gasteiger partial charge >= 0.3 is 6.09 Å². The van der Waals surface area contributed by atoms with Crippen LogP contribution in [0.15, 0.2) is 0 Å². The number of fused-ring (bicyclic) bond motifs is 1. The molecule has 3 unspecified atom stereocenters. The average Bonchev–Trinajstić information content (AvgIpc) is 3.00. The number of nitrogens with zero attached hydrogens (tertiary/aromatic N) is 1. The van der Waals surface area contributed by atoms with Crippen LogP contribution in [0.25, 0.3) is 0 Å². The summed E-state index contributed by atoms with van der Waals surface area (Å²) in [4.78, 5) is 25.5. The van der Waals surface area contributed by atoms with Gasteiger partial charge < -0.3 is 10.1 Å². The highest BCUT2D eigenvalue weighted by molar-refractivity contribution is 5.87. The van der Waals surface area contributed by atoms with Crippen molar-refractivity contribution in [1.82, 2.24) is 10.2 Å². The molecule has 5 heteroatoms. The summed E-state index contributed by atoms with van der Waals surface area (Å²) in [6.45, 7) is 3.45. The molecule has 1 amide bonds. The van der Waals surface area contributed by atoms with Crippen LogP contribution in [0.1, 0.15) is 26.2 Å². The summed E-state index contributed by atoms with van der Waals surface area (Å²) in [6.07, 6.45) is 2.43. The SMILES string of the molecule is CC[C@@H](CNC(=O)OC)C(=O)C1CCC2CN21. The Hall–Kier alpha value is -1.10. The molecule has 2 saturated heterocycles. The molecular weight excluding hydrogens is 220 g/mol. The van der Waals surface area contributed by atoms with Gasteiger partial charge in [0.15, 0.2) is 5.78 Å². The molecule has 2 rings (SSSR count). The number of Topliss-reactive ketones (excluding diaryl/α,β-unsaturated/α-hetero) is 1. The Morgan fingerprint density at radius 1 is 1.47 bits per heavy atom. The van der Waals surface area contributed by atoms with Crippen molar-refractivity contribution >= 4 is 11.9 Å². The van der Waals surface area contributed by atoms with E-state index in [-0.39, 0.29) is 17.7 Å². The maximum atomic E-state index is 12.3. The third kappa shape index (κ3) is 2.60. The number of carbonyl (C=O) groups excluding carboxylic acids is 2. The van der Waals surface area contributed by atoms with Crippen molar-refractivity contribution in [2.45, 2.75) is 38.3 Å². The van der Waals surface area contributed by atoms with Crippen LogP contribution in [0.3, 0.4) is 0 Å². The summed E-state index contributed by atoms with van der Waals surface area (Å²) < 4.78 is 4.51. The Morgan fingerprint density at radius 3 is 2.71 bits per heavy atom. The van der Waals surface area contributed by atoms with E-state index in [9.17, 15) is 9.59 Å². The molecular formula is C12H20N2O3. The van der Waals surface area contributed by atoms with Gasteiger partial charge in [0.1, 0.15) is 0 Å². The summed E-state index contributed by atoms with van der Waals surface area (Å²) in [5.74, 6) is 0.197. The Kier molecular flexibility index (Phi) is 3.66. The number of alkyl carbamates (subject to hydrolysis) is 1. The van der Waals surface area contributed by atoms with Gasteiger partial charge in [-0.1, -0.05) is 6.92 Å². The number of carbonyl (C=O) groups is 2. The van der Waals surface area contributed by atoms with E-state index in [2.05, 4.69) is 15.0 Å². The second-order valence-corrected chi connectivity index (χ2v) is 4.82. The Bertz CT molecular complexity index is 319. The standard InChI is InChI=1S/C12H20N2O3/c1-3-8(6-13-12(16)17-2)11(15)10-5-4-9-7-14(9)10/h8-10H,3-7H2,1-2H3,(H,13,16)/t8-,9?,10?,14?/m0/s1. The van der Waals surface area contributed by atoms with Gasteiger partial charge in [-0.05, 0) is 19.3 Å². The van der Waals surface area contributed by atoms with Gasteiger partial charge in [-0.15, -0.1) is 0 Å². The second kappa shape index (κ2) is 5.04. The van der Waals surface area contributed by atoms with Gasteiger partial charge in [0, 0.05) is 25.0 Å². The van der Waals surface area contributed by atoms with Crippen LogP contribution in [0.2, 0.25) is 0 Å². The molecule has 2 fully saturated rings. The van der Waals surface area contributed by atoms with Crippen molar-refractivity contribution in [2.75, 3.05) is 20.2 Å². The van der Waals surface area contributed by atoms with Crippen LogP contribution in [0.5, 0.6) is 0 Å². The van der Waals surface area contributed by atoms with Crippen molar-refractivity contribution in [2.24, 2.45) is 5.92 Å². The highest BCUT2D eigenvalue weighted by atomic mass is 16.5. The first-order valence-corrected chi connectivity index (χ1v) is 6.28. The smallest absolute Gasteiger partial charge is 0.406 e. The fourth-order valence-electron chi connectivity index (χ4n) is 2.65.